The third-order valence-electron chi connectivity index (χ3n) is 2.79. The van der Waals surface area contributed by atoms with Gasteiger partial charge in [-0.15, -0.1) is 0 Å². The minimum absolute atomic E-state index is 0.107. The van der Waals surface area contributed by atoms with Gasteiger partial charge in [0.05, 0.1) is 6.04 Å². The van der Waals surface area contributed by atoms with Crippen LogP contribution in [0.15, 0.2) is 48.5 Å². The number of benzene rings is 2. The van der Waals surface area contributed by atoms with Gasteiger partial charge in [0.15, 0.2) is 0 Å². The molecule has 2 aromatic rings. The Hall–Kier alpha value is -1.80. The van der Waals surface area contributed by atoms with Crippen molar-refractivity contribution < 1.29 is 0 Å². The number of aryl methyl sites for hydroxylation is 1. The number of anilines is 1. The fraction of sp³-hybridized carbons (Fsp3) is 0.143. The highest BCUT2D eigenvalue weighted by Crippen LogP contribution is 2.23. The monoisotopic (exact) mass is 212 g/mol. The Morgan fingerprint density at radius 3 is 2.44 bits per heavy atom. The average Bonchev–Trinajstić information content (AvgIpc) is 2.29. The second kappa shape index (κ2) is 4.37. The summed E-state index contributed by atoms with van der Waals surface area (Å²) in [5.74, 6) is 0. The molecular weight excluding hydrogens is 196 g/mol. The van der Waals surface area contributed by atoms with Gasteiger partial charge < -0.3 is 11.5 Å². The lowest BCUT2D eigenvalue weighted by molar-refractivity contribution is 0.862. The fourth-order valence-electron chi connectivity index (χ4n) is 1.87. The van der Waals surface area contributed by atoms with Gasteiger partial charge in [0.1, 0.15) is 0 Å². The first kappa shape index (κ1) is 10.7. The normalized spacial score (nSPS) is 12.4. The number of nitrogen functional groups attached to an aromatic ring is 1. The molecule has 2 aromatic carbocycles. The van der Waals surface area contributed by atoms with Crippen molar-refractivity contribution in [3.63, 3.8) is 0 Å². The summed E-state index contributed by atoms with van der Waals surface area (Å²) < 4.78 is 0. The van der Waals surface area contributed by atoms with E-state index in [1.54, 1.807) is 0 Å². The van der Waals surface area contributed by atoms with Gasteiger partial charge in [-0.3, -0.25) is 0 Å². The summed E-state index contributed by atoms with van der Waals surface area (Å²) in [4.78, 5) is 0. The van der Waals surface area contributed by atoms with E-state index in [0.717, 1.165) is 16.8 Å². The van der Waals surface area contributed by atoms with E-state index < -0.39 is 0 Å². The Balaban J connectivity index is 2.39. The smallest absolute Gasteiger partial charge is 0.0555 e. The largest absolute Gasteiger partial charge is 0.399 e. The highest BCUT2D eigenvalue weighted by Gasteiger charge is 2.10. The van der Waals surface area contributed by atoms with E-state index in [1.807, 2.05) is 36.4 Å². The molecule has 0 saturated carbocycles. The molecule has 2 heteroatoms. The van der Waals surface area contributed by atoms with Crippen LogP contribution in [-0.2, 0) is 0 Å². The van der Waals surface area contributed by atoms with Gasteiger partial charge in [0.2, 0.25) is 0 Å². The van der Waals surface area contributed by atoms with Gasteiger partial charge in [-0.2, -0.15) is 0 Å². The van der Waals surface area contributed by atoms with Crippen molar-refractivity contribution in [3.05, 3.63) is 65.2 Å². The Bertz CT molecular complexity index is 492. The molecule has 16 heavy (non-hydrogen) atoms. The van der Waals surface area contributed by atoms with Crippen LogP contribution in [0.2, 0.25) is 0 Å². The van der Waals surface area contributed by atoms with Crippen molar-refractivity contribution in [2.24, 2.45) is 5.73 Å². The maximum Gasteiger partial charge on any atom is 0.0555 e. The molecule has 0 radical (unpaired) electrons. The summed E-state index contributed by atoms with van der Waals surface area (Å²) in [5.41, 5.74) is 16.1. The molecule has 0 spiro atoms. The maximum atomic E-state index is 6.23. The van der Waals surface area contributed by atoms with E-state index >= 15 is 0 Å². The standard InChI is InChI=1S/C14H16N2/c1-10-5-2-3-8-13(10)14(16)11-6-4-7-12(15)9-11/h2-9,14H,15-16H2,1H3. The zero-order chi connectivity index (χ0) is 11.5. The quantitative estimate of drug-likeness (QED) is 0.752. The van der Waals surface area contributed by atoms with Crippen molar-refractivity contribution in [1.82, 2.24) is 0 Å². The minimum atomic E-state index is -0.107. The number of hydrogen-bond acceptors (Lipinski definition) is 2. The molecule has 2 rings (SSSR count). The highest BCUT2D eigenvalue weighted by atomic mass is 14.6. The molecule has 0 heterocycles. The van der Waals surface area contributed by atoms with Crippen LogP contribution in [0.25, 0.3) is 0 Å². The maximum absolute atomic E-state index is 6.23. The zero-order valence-electron chi connectivity index (χ0n) is 9.35. The van der Waals surface area contributed by atoms with Gasteiger partial charge >= 0.3 is 0 Å². The number of hydrogen-bond donors (Lipinski definition) is 2. The molecule has 0 fully saturated rings. The summed E-state index contributed by atoms with van der Waals surface area (Å²) in [6, 6.07) is 15.8. The molecule has 2 nitrogen and oxygen atoms in total. The Kier molecular flexibility index (Phi) is 2.93. The summed E-state index contributed by atoms with van der Waals surface area (Å²) in [5, 5.41) is 0. The van der Waals surface area contributed by atoms with Crippen molar-refractivity contribution in [1.29, 1.82) is 0 Å². The second-order valence-corrected chi connectivity index (χ2v) is 4.00. The minimum Gasteiger partial charge on any atom is -0.399 e. The third-order valence-corrected chi connectivity index (χ3v) is 2.79. The van der Waals surface area contributed by atoms with Gasteiger partial charge in [-0.25, -0.2) is 0 Å². The summed E-state index contributed by atoms with van der Waals surface area (Å²) in [6.07, 6.45) is 0. The second-order valence-electron chi connectivity index (χ2n) is 4.00. The first-order chi connectivity index (χ1) is 7.68. The van der Waals surface area contributed by atoms with Gasteiger partial charge in [0, 0.05) is 5.69 Å². The summed E-state index contributed by atoms with van der Waals surface area (Å²) in [6.45, 7) is 2.07. The lowest BCUT2D eigenvalue weighted by atomic mass is 9.96. The Morgan fingerprint density at radius 2 is 1.75 bits per heavy atom. The molecule has 1 atom stereocenters. The molecule has 0 aliphatic heterocycles. The molecule has 0 aliphatic carbocycles. The van der Waals surface area contributed by atoms with E-state index in [1.165, 1.54) is 5.56 Å². The number of rotatable bonds is 2. The average molecular weight is 212 g/mol. The van der Waals surface area contributed by atoms with Crippen molar-refractivity contribution >= 4 is 5.69 Å². The van der Waals surface area contributed by atoms with E-state index in [-0.39, 0.29) is 6.04 Å². The topological polar surface area (TPSA) is 52.0 Å². The Morgan fingerprint density at radius 1 is 1.00 bits per heavy atom. The van der Waals surface area contributed by atoms with Crippen molar-refractivity contribution in [2.75, 3.05) is 5.73 Å². The lowest BCUT2D eigenvalue weighted by Gasteiger charge is -2.15. The molecule has 0 aromatic heterocycles. The van der Waals surface area contributed by atoms with Crippen LogP contribution in [0.4, 0.5) is 5.69 Å². The van der Waals surface area contributed by atoms with E-state index in [0.29, 0.717) is 0 Å². The van der Waals surface area contributed by atoms with Crippen molar-refractivity contribution in [3.8, 4) is 0 Å². The predicted octanol–water partition coefficient (Wildman–Crippen LogP) is 2.63. The summed E-state index contributed by atoms with van der Waals surface area (Å²) >= 11 is 0. The van der Waals surface area contributed by atoms with Crippen LogP contribution >= 0.6 is 0 Å². The van der Waals surface area contributed by atoms with E-state index in [2.05, 4.69) is 19.1 Å². The molecular formula is C14H16N2. The fourth-order valence-corrected chi connectivity index (χ4v) is 1.87. The van der Waals surface area contributed by atoms with Gasteiger partial charge in [-0.05, 0) is 35.7 Å². The zero-order valence-corrected chi connectivity index (χ0v) is 9.35. The highest BCUT2D eigenvalue weighted by molar-refractivity contribution is 5.45. The summed E-state index contributed by atoms with van der Waals surface area (Å²) in [7, 11) is 0. The molecule has 0 bridgehead atoms. The first-order valence-corrected chi connectivity index (χ1v) is 5.35. The van der Waals surface area contributed by atoms with Crippen molar-refractivity contribution in [2.45, 2.75) is 13.0 Å². The van der Waals surface area contributed by atoms with Crippen LogP contribution in [0.3, 0.4) is 0 Å². The van der Waals surface area contributed by atoms with Crippen LogP contribution in [0.5, 0.6) is 0 Å². The molecule has 0 aliphatic rings. The SMILES string of the molecule is Cc1ccccc1C(N)c1cccc(N)c1. The molecule has 82 valence electrons. The molecule has 0 saturated heterocycles. The molecule has 4 N–H and O–H groups in total. The van der Waals surface area contributed by atoms with Crippen LogP contribution in [0, 0.1) is 6.92 Å². The predicted molar refractivity (Wildman–Crippen MR) is 68.1 cm³/mol. The van der Waals surface area contributed by atoms with E-state index in [4.69, 9.17) is 11.5 Å². The van der Waals surface area contributed by atoms with Crippen LogP contribution in [0.1, 0.15) is 22.7 Å². The third kappa shape index (κ3) is 2.07. The molecule has 0 amide bonds. The van der Waals surface area contributed by atoms with Crippen LogP contribution in [-0.4, -0.2) is 0 Å². The van der Waals surface area contributed by atoms with Gasteiger partial charge in [-0.1, -0.05) is 36.4 Å². The van der Waals surface area contributed by atoms with Gasteiger partial charge in [0.25, 0.3) is 0 Å². The Labute approximate surface area is 95.9 Å². The van der Waals surface area contributed by atoms with Crippen LogP contribution < -0.4 is 11.5 Å². The first-order valence-electron chi connectivity index (χ1n) is 5.35. The van der Waals surface area contributed by atoms with E-state index in [9.17, 15) is 0 Å². The lowest BCUT2D eigenvalue weighted by Crippen LogP contribution is -2.13. The number of nitrogens with two attached hydrogens (primary N) is 2. The molecule has 1 unspecified atom stereocenters.